The first-order valence-electron chi connectivity index (χ1n) is 6.69. The number of rotatable bonds is 5. The van der Waals surface area contributed by atoms with Gasteiger partial charge in [-0.25, -0.2) is 4.79 Å². The fourth-order valence-electron chi connectivity index (χ4n) is 2.74. The van der Waals surface area contributed by atoms with Crippen LogP contribution >= 0.6 is 0 Å². The molecule has 104 valence electrons. The van der Waals surface area contributed by atoms with Gasteiger partial charge in [-0.1, -0.05) is 6.92 Å². The molecule has 1 saturated heterocycles. The maximum atomic E-state index is 12.1. The molecule has 0 radical (unpaired) electrons. The Bertz CT molecular complexity index is 309. The number of carboxylic acids is 1. The monoisotopic (exact) mass is 256 g/mol. The molecular formula is C13H24N2O3. The summed E-state index contributed by atoms with van der Waals surface area (Å²) in [6.07, 6.45) is 2.59. The van der Waals surface area contributed by atoms with Gasteiger partial charge in [0.1, 0.15) is 6.04 Å². The number of carbonyl (C=O) groups excluding carboxylic acids is 1. The Kier molecular flexibility index (Phi) is 5.14. The van der Waals surface area contributed by atoms with Gasteiger partial charge >= 0.3 is 5.97 Å². The van der Waals surface area contributed by atoms with Crippen molar-refractivity contribution in [2.24, 2.45) is 0 Å². The topological polar surface area (TPSA) is 69.6 Å². The summed E-state index contributed by atoms with van der Waals surface area (Å²) in [5, 5.41) is 11.5. The lowest BCUT2D eigenvalue weighted by Gasteiger charge is -2.32. The van der Waals surface area contributed by atoms with Crippen LogP contribution in [0.2, 0.25) is 0 Å². The number of likely N-dealkylation sites (tertiary alicyclic amines) is 1. The molecule has 4 atom stereocenters. The third-order valence-corrected chi connectivity index (χ3v) is 3.87. The van der Waals surface area contributed by atoms with Crippen LogP contribution in [0.15, 0.2) is 0 Å². The van der Waals surface area contributed by atoms with Gasteiger partial charge in [0, 0.05) is 12.1 Å². The molecule has 1 fully saturated rings. The molecule has 1 aliphatic rings. The second kappa shape index (κ2) is 6.18. The van der Waals surface area contributed by atoms with E-state index in [0.29, 0.717) is 18.5 Å². The van der Waals surface area contributed by atoms with Crippen molar-refractivity contribution in [2.45, 2.75) is 71.1 Å². The average Bonchev–Trinajstić information content (AvgIpc) is 2.64. The fraction of sp³-hybridized carbons (Fsp3) is 0.846. The van der Waals surface area contributed by atoms with E-state index in [1.165, 1.54) is 0 Å². The summed E-state index contributed by atoms with van der Waals surface area (Å²) in [7, 11) is 0. The van der Waals surface area contributed by atoms with Gasteiger partial charge in [0.2, 0.25) is 5.91 Å². The van der Waals surface area contributed by atoms with Gasteiger partial charge in [-0.15, -0.1) is 0 Å². The highest BCUT2D eigenvalue weighted by Gasteiger charge is 2.35. The molecule has 2 N–H and O–H groups in total. The Hall–Kier alpha value is -1.10. The number of carbonyl (C=O) groups is 2. The second-order valence-electron chi connectivity index (χ2n) is 5.21. The normalized spacial score (nSPS) is 27.8. The van der Waals surface area contributed by atoms with Crippen LogP contribution in [0, 0.1) is 0 Å². The zero-order valence-electron chi connectivity index (χ0n) is 11.6. The lowest BCUT2D eigenvalue weighted by atomic mass is 10.1. The molecule has 0 bridgehead atoms. The van der Waals surface area contributed by atoms with Crippen LogP contribution in [0.4, 0.5) is 0 Å². The summed E-state index contributed by atoms with van der Waals surface area (Å²) in [5.41, 5.74) is 0. The van der Waals surface area contributed by atoms with Crippen LogP contribution < -0.4 is 5.32 Å². The molecule has 18 heavy (non-hydrogen) atoms. The first kappa shape index (κ1) is 15.0. The zero-order valence-corrected chi connectivity index (χ0v) is 11.6. The van der Waals surface area contributed by atoms with Crippen molar-refractivity contribution < 1.29 is 14.7 Å². The van der Waals surface area contributed by atoms with Gasteiger partial charge < -0.3 is 10.4 Å². The highest BCUT2D eigenvalue weighted by atomic mass is 16.4. The number of carboxylic acid groups (broad SMARTS) is 1. The average molecular weight is 256 g/mol. The predicted octanol–water partition coefficient (Wildman–Crippen LogP) is 1.23. The highest BCUT2D eigenvalue weighted by molar-refractivity contribution is 5.86. The van der Waals surface area contributed by atoms with Crippen LogP contribution in [-0.4, -0.2) is 46.1 Å². The smallest absolute Gasteiger partial charge is 0.326 e. The third-order valence-electron chi connectivity index (χ3n) is 3.87. The molecule has 0 aromatic rings. The largest absolute Gasteiger partial charge is 0.480 e. The first-order chi connectivity index (χ1) is 8.38. The molecule has 5 nitrogen and oxygen atoms in total. The molecule has 0 saturated carbocycles. The van der Waals surface area contributed by atoms with Crippen LogP contribution in [0.25, 0.3) is 0 Å². The van der Waals surface area contributed by atoms with Gasteiger partial charge in [0.25, 0.3) is 0 Å². The third kappa shape index (κ3) is 3.22. The van der Waals surface area contributed by atoms with E-state index in [0.717, 1.165) is 12.8 Å². The van der Waals surface area contributed by atoms with E-state index >= 15 is 0 Å². The molecular weight excluding hydrogens is 232 g/mol. The number of amides is 1. The quantitative estimate of drug-likeness (QED) is 0.776. The minimum atomic E-state index is -0.972. The van der Waals surface area contributed by atoms with E-state index in [-0.39, 0.29) is 11.9 Å². The van der Waals surface area contributed by atoms with Crippen molar-refractivity contribution in [3.8, 4) is 0 Å². The Morgan fingerprint density at radius 1 is 1.33 bits per heavy atom. The van der Waals surface area contributed by atoms with Crippen molar-refractivity contribution in [3.05, 3.63) is 0 Å². The number of nitrogens with one attached hydrogen (secondary N) is 1. The summed E-state index contributed by atoms with van der Waals surface area (Å²) >= 11 is 0. The van der Waals surface area contributed by atoms with Crippen molar-refractivity contribution >= 4 is 11.9 Å². The standard InChI is InChI=1S/C13H24N2O3/c1-5-11(13(17)18)14-12(16)10(4)15-8(2)6-7-9(15)3/h8-11H,5-7H2,1-4H3,(H,14,16)(H,17,18)/t8?,9?,10?,11-/m1/s1. The van der Waals surface area contributed by atoms with Crippen molar-refractivity contribution in [3.63, 3.8) is 0 Å². The molecule has 1 heterocycles. The molecule has 1 aliphatic heterocycles. The molecule has 0 aliphatic carbocycles. The highest BCUT2D eigenvalue weighted by Crippen LogP contribution is 2.25. The first-order valence-corrected chi connectivity index (χ1v) is 6.69. The SMILES string of the molecule is CC[C@@H](NC(=O)C(C)N1C(C)CCC1C)C(=O)O. The van der Waals surface area contributed by atoms with Gasteiger partial charge in [-0.2, -0.15) is 0 Å². The van der Waals surface area contributed by atoms with E-state index in [1.807, 2.05) is 6.92 Å². The van der Waals surface area contributed by atoms with Gasteiger partial charge in [-0.05, 0) is 40.0 Å². The van der Waals surface area contributed by atoms with Crippen LogP contribution in [-0.2, 0) is 9.59 Å². The fourth-order valence-corrected chi connectivity index (χ4v) is 2.74. The minimum absolute atomic E-state index is 0.190. The van der Waals surface area contributed by atoms with E-state index in [9.17, 15) is 9.59 Å². The van der Waals surface area contributed by atoms with Crippen molar-refractivity contribution in [1.82, 2.24) is 10.2 Å². The molecule has 3 unspecified atom stereocenters. The zero-order chi connectivity index (χ0) is 13.9. The molecule has 0 aromatic carbocycles. The molecule has 0 spiro atoms. The predicted molar refractivity (Wildman–Crippen MR) is 69.3 cm³/mol. The van der Waals surface area contributed by atoms with Crippen molar-refractivity contribution in [2.75, 3.05) is 0 Å². The summed E-state index contributed by atoms with van der Waals surface area (Å²) in [4.78, 5) is 25.2. The Balaban J connectivity index is 2.63. The van der Waals surface area contributed by atoms with Crippen molar-refractivity contribution in [1.29, 1.82) is 0 Å². The van der Waals surface area contributed by atoms with E-state index < -0.39 is 12.0 Å². The Labute approximate surface area is 109 Å². The van der Waals surface area contributed by atoms with E-state index in [4.69, 9.17) is 5.11 Å². The number of nitrogens with zero attached hydrogens (tertiary/aromatic N) is 1. The summed E-state index contributed by atoms with van der Waals surface area (Å²) in [6, 6.07) is -0.296. The lowest BCUT2D eigenvalue weighted by Crippen LogP contribution is -2.52. The van der Waals surface area contributed by atoms with E-state index in [2.05, 4.69) is 24.1 Å². The molecule has 5 heteroatoms. The van der Waals surface area contributed by atoms with Gasteiger partial charge in [0.05, 0.1) is 6.04 Å². The second-order valence-corrected chi connectivity index (χ2v) is 5.21. The molecule has 1 amide bonds. The van der Waals surface area contributed by atoms with Crippen LogP contribution in [0.1, 0.15) is 47.0 Å². The Morgan fingerprint density at radius 3 is 2.22 bits per heavy atom. The van der Waals surface area contributed by atoms with Gasteiger partial charge in [0.15, 0.2) is 0 Å². The maximum absolute atomic E-state index is 12.1. The maximum Gasteiger partial charge on any atom is 0.326 e. The van der Waals surface area contributed by atoms with Gasteiger partial charge in [-0.3, -0.25) is 9.69 Å². The summed E-state index contributed by atoms with van der Waals surface area (Å²) < 4.78 is 0. The molecule has 1 rings (SSSR count). The lowest BCUT2D eigenvalue weighted by molar-refractivity contribution is -0.142. The van der Waals surface area contributed by atoms with E-state index in [1.54, 1.807) is 6.92 Å². The number of aliphatic carboxylic acids is 1. The Morgan fingerprint density at radius 2 is 1.83 bits per heavy atom. The minimum Gasteiger partial charge on any atom is -0.480 e. The summed E-state index contributed by atoms with van der Waals surface area (Å²) in [6.45, 7) is 7.83. The number of hydrogen-bond donors (Lipinski definition) is 2. The van der Waals surface area contributed by atoms with Crippen LogP contribution in [0.5, 0.6) is 0 Å². The summed E-state index contributed by atoms with van der Waals surface area (Å²) in [5.74, 6) is -1.16. The van der Waals surface area contributed by atoms with Crippen LogP contribution in [0.3, 0.4) is 0 Å². The number of hydrogen-bond acceptors (Lipinski definition) is 3. The molecule has 0 aromatic heterocycles.